The van der Waals surface area contributed by atoms with Crippen LogP contribution >= 0.6 is 11.3 Å². The first-order chi connectivity index (χ1) is 20.7. The minimum Gasteiger partial charge on any atom is -0.391 e. The number of rotatable bonds is 10. The van der Waals surface area contributed by atoms with Crippen LogP contribution in [0, 0.1) is 0 Å². The number of aliphatic hydroxyl groups is 1. The van der Waals surface area contributed by atoms with Crippen LogP contribution in [0.2, 0.25) is 0 Å². The predicted molar refractivity (Wildman–Crippen MR) is 168 cm³/mol. The van der Waals surface area contributed by atoms with Crippen LogP contribution in [0.1, 0.15) is 23.3 Å². The van der Waals surface area contributed by atoms with Gasteiger partial charge in [-0.15, -0.1) is 11.3 Å². The molecular formula is C30H35F3N6O3S2. The van der Waals surface area contributed by atoms with Crippen molar-refractivity contribution < 1.29 is 26.7 Å². The third-order valence-corrected chi connectivity index (χ3v) is 10.7. The SMILES string of the molecule is CNc1nc(N(C)[C@H]2C[C@@H](NCc3ccc(-c4cccc(S(=O)(=O)N(C)C)c4)cc3)C[C@H]2O)c2cc(CC(F)(F)F)sc2n1. The van der Waals surface area contributed by atoms with Gasteiger partial charge in [0.05, 0.1) is 28.8 Å². The number of nitrogens with one attached hydrogen (secondary N) is 2. The molecule has 0 radical (unpaired) electrons. The largest absolute Gasteiger partial charge is 0.393 e. The summed E-state index contributed by atoms with van der Waals surface area (Å²) in [6.07, 6.45) is -4.90. The molecule has 44 heavy (non-hydrogen) atoms. The highest BCUT2D eigenvalue weighted by Gasteiger charge is 2.37. The van der Waals surface area contributed by atoms with Gasteiger partial charge in [-0.05, 0) is 47.7 Å². The summed E-state index contributed by atoms with van der Waals surface area (Å²) in [7, 11) is 2.92. The molecule has 0 bridgehead atoms. The Balaban J connectivity index is 1.26. The van der Waals surface area contributed by atoms with Crippen LogP contribution in [0.5, 0.6) is 0 Å². The van der Waals surface area contributed by atoms with Gasteiger partial charge in [0, 0.05) is 45.7 Å². The van der Waals surface area contributed by atoms with Crippen LogP contribution in [0.15, 0.2) is 59.5 Å². The molecule has 3 atom stereocenters. The number of hydrogen-bond donors (Lipinski definition) is 3. The average molecular weight is 649 g/mol. The second-order valence-corrected chi connectivity index (χ2v) is 14.4. The van der Waals surface area contributed by atoms with Crippen molar-refractivity contribution >= 4 is 43.3 Å². The summed E-state index contributed by atoms with van der Waals surface area (Å²) in [4.78, 5) is 11.6. The fraction of sp³-hybridized carbons (Fsp3) is 0.400. The maximum absolute atomic E-state index is 13.1. The average Bonchev–Trinajstić information content (AvgIpc) is 3.56. The van der Waals surface area contributed by atoms with Crippen molar-refractivity contribution in [1.29, 1.82) is 0 Å². The van der Waals surface area contributed by atoms with Crippen molar-refractivity contribution in [2.45, 2.75) is 55.1 Å². The number of halogens is 3. The van der Waals surface area contributed by atoms with Gasteiger partial charge in [0.1, 0.15) is 10.6 Å². The zero-order valence-corrected chi connectivity index (χ0v) is 26.4. The summed E-state index contributed by atoms with van der Waals surface area (Å²) >= 11 is 0.996. The number of sulfonamides is 1. The number of aromatic nitrogens is 2. The maximum Gasteiger partial charge on any atom is 0.393 e. The normalized spacial score (nSPS) is 19.2. The van der Waals surface area contributed by atoms with Crippen molar-refractivity contribution in [1.82, 2.24) is 19.6 Å². The molecule has 1 aliphatic rings. The van der Waals surface area contributed by atoms with Gasteiger partial charge >= 0.3 is 6.18 Å². The minimum atomic E-state index is -4.33. The number of likely N-dealkylation sites (N-methyl/N-ethyl adjacent to an activating group) is 1. The molecule has 5 rings (SSSR count). The van der Waals surface area contributed by atoms with E-state index in [1.165, 1.54) is 24.5 Å². The molecule has 9 nitrogen and oxygen atoms in total. The number of benzene rings is 2. The first-order valence-corrected chi connectivity index (χ1v) is 16.3. The molecule has 1 aliphatic carbocycles. The minimum absolute atomic E-state index is 0.00871. The third kappa shape index (κ3) is 6.99. The molecule has 3 N–H and O–H groups in total. The second-order valence-electron chi connectivity index (χ2n) is 11.2. The first kappa shape index (κ1) is 32.1. The Morgan fingerprint density at radius 2 is 1.75 bits per heavy atom. The number of anilines is 2. The van der Waals surface area contributed by atoms with Gasteiger partial charge in [0.2, 0.25) is 16.0 Å². The Kier molecular flexibility index (Phi) is 9.19. The van der Waals surface area contributed by atoms with E-state index in [2.05, 4.69) is 20.6 Å². The van der Waals surface area contributed by atoms with Gasteiger partial charge in [0.25, 0.3) is 0 Å². The summed E-state index contributed by atoms with van der Waals surface area (Å²) in [5, 5.41) is 17.9. The monoisotopic (exact) mass is 648 g/mol. The number of nitrogens with zero attached hydrogens (tertiary/aromatic N) is 4. The summed E-state index contributed by atoms with van der Waals surface area (Å²) in [6, 6.07) is 15.9. The lowest BCUT2D eigenvalue weighted by atomic mass is 10.0. The molecule has 1 fully saturated rings. The lowest BCUT2D eigenvalue weighted by Gasteiger charge is -2.29. The summed E-state index contributed by atoms with van der Waals surface area (Å²) in [6.45, 7) is 0.566. The van der Waals surface area contributed by atoms with Gasteiger partial charge in [-0.25, -0.2) is 17.7 Å². The van der Waals surface area contributed by atoms with Gasteiger partial charge < -0.3 is 20.6 Å². The van der Waals surface area contributed by atoms with E-state index in [4.69, 9.17) is 0 Å². The molecule has 2 heterocycles. The van der Waals surface area contributed by atoms with Crippen molar-refractivity contribution in [3.05, 3.63) is 65.0 Å². The van der Waals surface area contributed by atoms with E-state index in [1.54, 1.807) is 32.3 Å². The quantitative estimate of drug-likeness (QED) is 0.224. The maximum atomic E-state index is 13.1. The van der Waals surface area contributed by atoms with Gasteiger partial charge in [-0.2, -0.15) is 18.2 Å². The van der Waals surface area contributed by atoms with Crippen LogP contribution in [-0.4, -0.2) is 80.4 Å². The zero-order valence-electron chi connectivity index (χ0n) is 24.8. The lowest BCUT2D eigenvalue weighted by molar-refractivity contribution is -0.126. The molecule has 2 aromatic heterocycles. The highest BCUT2D eigenvalue weighted by atomic mass is 32.2. The topological polar surface area (TPSA) is 111 Å². The van der Waals surface area contributed by atoms with E-state index in [1.807, 2.05) is 35.2 Å². The third-order valence-electron chi connectivity index (χ3n) is 7.84. The van der Waals surface area contributed by atoms with Crippen LogP contribution in [0.3, 0.4) is 0 Å². The number of hydrogen-bond acceptors (Lipinski definition) is 9. The summed E-state index contributed by atoms with van der Waals surface area (Å²) in [5.74, 6) is 0.781. The first-order valence-electron chi connectivity index (χ1n) is 14.1. The van der Waals surface area contributed by atoms with E-state index >= 15 is 0 Å². The molecule has 14 heteroatoms. The van der Waals surface area contributed by atoms with Crippen LogP contribution in [-0.2, 0) is 23.0 Å². The van der Waals surface area contributed by atoms with E-state index in [9.17, 15) is 26.7 Å². The van der Waals surface area contributed by atoms with E-state index in [-0.39, 0.29) is 21.9 Å². The van der Waals surface area contributed by atoms with Crippen molar-refractivity contribution in [2.75, 3.05) is 38.4 Å². The molecule has 1 saturated carbocycles. The van der Waals surface area contributed by atoms with Gasteiger partial charge in [-0.1, -0.05) is 36.4 Å². The Hall–Kier alpha value is -3.30. The Morgan fingerprint density at radius 1 is 1.02 bits per heavy atom. The van der Waals surface area contributed by atoms with E-state index < -0.39 is 28.7 Å². The second kappa shape index (κ2) is 12.6. The molecular weight excluding hydrogens is 613 g/mol. The van der Waals surface area contributed by atoms with E-state index in [0.717, 1.165) is 28.0 Å². The molecule has 0 amide bonds. The molecule has 2 aromatic carbocycles. The van der Waals surface area contributed by atoms with Gasteiger partial charge in [-0.3, -0.25) is 0 Å². The number of thiophene rings is 1. The number of fused-ring (bicyclic) bond motifs is 1. The molecule has 0 aliphatic heterocycles. The van der Waals surface area contributed by atoms with Crippen molar-refractivity contribution in [2.24, 2.45) is 0 Å². The Morgan fingerprint density at radius 3 is 2.41 bits per heavy atom. The van der Waals surface area contributed by atoms with Crippen molar-refractivity contribution in [3.63, 3.8) is 0 Å². The fourth-order valence-corrected chi connectivity index (χ4v) is 7.48. The Bertz CT molecular complexity index is 1730. The molecule has 0 saturated heterocycles. The predicted octanol–water partition coefficient (Wildman–Crippen LogP) is 4.87. The molecule has 0 spiro atoms. The summed E-state index contributed by atoms with van der Waals surface area (Å²) < 4.78 is 65.5. The number of aliphatic hydroxyl groups excluding tert-OH is 1. The van der Waals surface area contributed by atoms with Crippen molar-refractivity contribution in [3.8, 4) is 11.1 Å². The van der Waals surface area contributed by atoms with Crippen LogP contribution in [0.4, 0.5) is 24.9 Å². The number of alkyl halides is 3. The smallest absolute Gasteiger partial charge is 0.391 e. The highest BCUT2D eigenvalue weighted by molar-refractivity contribution is 7.89. The summed E-state index contributed by atoms with van der Waals surface area (Å²) in [5.41, 5.74) is 2.73. The highest BCUT2D eigenvalue weighted by Crippen LogP contribution is 2.37. The standard InChI is InChI=1S/C30H35F3N6O3S2/c1-34-29-36-27(24-15-22(16-30(31,32)33)43-28(24)37-29)39(4)25-13-21(14-26(25)40)35-17-18-8-10-19(11-9-18)20-6-5-7-23(12-20)44(41,42)38(2)3/h5-12,15,21,25-26,35,40H,13-14,16-17H2,1-4H3,(H,34,36,37)/t21-,25+,26-/m1/s1. The molecule has 236 valence electrons. The molecule has 4 aromatic rings. The fourth-order valence-electron chi connectivity index (χ4n) is 5.48. The van der Waals surface area contributed by atoms with Crippen LogP contribution < -0.4 is 15.5 Å². The van der Waals surface area contributed by atoms with Gasteiger partial charge in [0.15, 0.2) is 0 Å². The Labute approximate surface area is 258 Å². The zero-order chi connectivity index (χ0) is 31.8. The van der Waals surface area contributed by atoms with E-state index in [0.29, 0.717) is 41.4 Å². The molecule has 0 unspecified atom stereocenters. The van der Waals surface area contributed by atoms with Crippen LogP contribution in [0.25, 0.3) is 21.3 Å². The lowest BCUT2D eigenvalue weighted by Crippen LogP contribution is -2.38.